The van der Waals surface area contributed by atoms with E-state index in [9.17, 15) is 4.79 Å². The van der Waals surface area contributed by atoms with E-state index >= 15 is 0 Å². The van der Waals surface area contributed by atoms with Gasteiger partial charge in [0.25, 0.3) is 0 Å². The molecule has 1 aromatic carbocycles. The van der Waals surface area contributed by atoms with Crippen molar-refractivity contribution in [1.29, 1.82) is 0 Å². The highest BCUT2D eigenvalue weighted by atomic mass is 16.5. The van der Waals surface area contributed by atoms with Crippen molar-refractivity contribution in [1.82, 2.24) is 15.5 Å². The average molecular weight is 409 g/mol. The number of benzene rings is 1. The van der Waals surface area contributed by atoms with E-state index in [1.165, 1.54) is 0 Å². The third-order valence-electron chi connectivity index (χ3n) is 5.11. The molecular formula is C23H27N3O4. The molecule has 2 atom stereocenters. The monoisotopic (exact) mass is 409 g/mol. The van der Waals surface area contributed by atoms with Crippen LogP contribution in [-0.4, -0.2) is 23.2 Å². The first-order chi connectivity index (χ1) is 14.4. The van der Waals surface area contributed by atoms with Crippen LogP contribution in [0.25, 0.3) is 0 Å². The molecule has 2 heterocycles. The highest BCUT2D eigenvalue weighted by molar-refractivity contribution is 5.84. The first-order valence-corrected chi connectivity index (χ1v) is 9.83. The number of hydrogen-bond acceptors (Lipinski definition) is 6. The molecule has 0 aliphatic rings. The molecule has 1 amide bonds. The van der Waals surface area contributed by atoms with E-state index < -0.39 is 0 Å². The van der Waals surface area contributed by atoms with E-state index in [-0.39, 0.29) is 17.9 Å². The summed E-state index contributed by atoms with van der Waals surface area (Å²) in [6.07, 6.45) is 3.46. The first kappa shape index (κ1) is 21.4. The fraction of sp³-hybridized carbons (Fsp3) is 0.348. The normalized spacial score (nSPS) is 12.8. The van der Waals surface area contributed by atoms with E-state index in [0.717, 1.165) is 22.4 Å². The predicted octanol–water partition coefficient (Wildman–Crippen LogP) is 4.25. The fourth-order valence-electron chi connectivity index (χ4n) is 3.37. The van der Waals surface area contributed by atoms with E-state index in [2.05, 4.69) is 15.5 Å². The largest absolute Gasteiger partial charge is 0.493 e. The van der Waals surface area contributed by atoms with Crippen molar-refractivity contribution in [2.75, 3.05) is 7.11 Å². The Hall–Kier alpha value is -3.35. The zero-order valence-electron chi connectivity index (χ0n) is 17.9. The molecule has 3 rings (SSSR count). The van der Waals surface area contributed by atoms with E-state index in [4.69, 9.17) is 14.0 Å². The number of nitrogens with zero attached hydrogens (tertiary/aromatic N) is 2. The average Bonchev–Trinajstić information content (AvgIpc) is 3.10. The Kier molecular flexibility index (Phi) is 6.72. The molecule has 0 spiro atoms. The number of amides is 1. The van der Waals surface area contributed by atoms with Crippen LogP contribution in [0.1, 0.15) is 54.0 Å². The number of hydrogen-bond donors (Lipinski definition) is 1. The molecule has 0 aliphatic carbocycles. The summed E-state index contributed by atoms with van der Waals surface area (Å²) >= 11 is 0. The van der Waals surface area contributed by atoms with Gasteiger partial charge >= 0.3 is 0 Å². The second-order valence-electron chi connectivity index (χ2n) is 7.24. The van der Waals surface area contributed by atoms with E-state index in [0.29, 0.717) is 23.9 Å². The summed E-state index contributed by atoms with van der Waals surface area (Å²) in [5.74, 6) is 1.47. The molecule has 7 heteroatoms. The summed E-state index contributed by atoms with van der Waals surface area (Å²) in [5.41, 5.74) is 3.50. The zero-order valence-corrected chi connectivity index (χ0v) is 17.9. The Balaban J connectivity index is 1.68. The molecule has 0 fully saturated rings. The number of aryl methyl sites for hydroxylation is 2. The number of ether oxygens (including phenoxy) is 2. The standard InChI is InChI=1S/C23H27N3O4/c1-14(22-16(3)26-30-17(22)4)23(27)25-15(2)19-6-7-20(21(12-19)28-5)29-13-18-8-10-24-11-9-18/h6-12,14-15H,13H2,1-5H3,(H,25,27). The number of pyridine rings is 1. The fourth-order valence-corrected chi connectivity index (χ4v) is 3.37. The first-order valence-electron chi connectivity index (χ1n) is 9.83. The van der Waals surface area contributed by atoms with Gasteiger partial charge in [-0.1, -0.05) is 11.2 Å². The van der Waals surface area contributed by atoms with Crippen LogP contribution in [0.5, 0.6) is 11.5 Å². The van der Waals surface area contributed by atoms with Crippen molar-refractivity contribution in [2.24, 2.45) is 0 Å². The molecule has 0 saturated carbocycles. The highest BCUT2D eigenvalue weighted by Gasteiger charge is 2.24. The molecule has 0 radical (unpaired) electrons. The van der Waals surface area contributed by atoms with E-state index in [1.807, 2.05) is 58.0 Å². The number of nitrogens with one attached hydrogen (secondary N) is 1. The minimum atomic E-state index is -0.358. The van der Waals surface area contributed by atoms with Gasteiger partial charge in [-0.15, -0.1) is 0 Å². The van der Waals surface area contributed by atoms with Crippen LogP contribution in [-0.2, 0) is 11.4 Å². The van der Waals surface area contributed by atoms with Crippen LogP contribution in [0.4, 0.5) is 0 Å². The van der Waals surface area contributed by atoms with Crippen molar-refractivity contribution >= 4 is 5.91 Å². The smallest absolute Gasteiger partial charge is 0.227 e. The zero-order chi connectivity index (χ0) is 21.7. The van der Waals surface area contributed by atoms with Gasteiger partial charge in [-0.3, -0.25) is 9.78 Å². The van der Waals surface area contributed by atoms with Gasteiger partial charge in [0.1, 0.15) is 12.4 Å². The highest BCUT2D eigenvalue weighted by Crippen LogP contribution is 2.31. The Morgan fingerprint density at radius 3 is 2.50 bits per heavy atom. The molecule has 7 nitrogen and oxygen atoms in total. The van der Waals surface area contributed by atoms with Gasteiger partial charge in [0.15, 0.2) is 11.5 Å². The van der Waals surface area contributed by atoms with Crippen LogP contribution >= 0.6 is 0 Å². The molecule has 0 saturated heterocycles. The van der Waals surface area contributed by atoms with Crippen molar-refractivity contribution in [2.45, 2.75) is 46.3 Å². The summed E-state index contributed by atoms with van der Waals surface area (Å²) < 4.78 is 16.6. The molecule has 1 N–H and O–H groups in total. The van der Waals surface area contributed by atoms with Gasteiger partial charge in [-0.05, 0) is 63.1 Å². The maximum atomic E-state index is 12.8. The molecule has 0 bridgehead atoms. The Labute approximate surface area is 176 Å². The Morgan fingerprint density at radius 1 is 1.13 bits per heavy atom. The lowest BCUT2D eigenvalue weighted by molar-refractivity contribution is -0.122. The number of rotatable bonds is 8. The molecule has 0 aliphatic heterocycles. The van der Waals surface area contributed by atoms with Gasteiger partial charge in [0, 0.05) is 18.0 Å². The van der Waals surface area contributed by atoms with Gasteiger partial charge in [-0.25, -0.2) is 0 Å². The predicted molar refractivity (Wildman–Crippen MR) is 113 cm³/mol. The van der Waals surface area contributed by atoms with Gasteiger partial charge in [-0.2, -0.15) is 0 Å². The van der Waals surface area contributed by atoms with Crippen molar-refractivity contribution in [3.8, 4) is 11.5 Å². The molecule has 158 valence electrons. The second kappa shape index (κ2) is 9.43. The van der Waals surface area contributed by atoms with Crippen molar-refractivity contribution in [3.05, 3.63) is 70.9 Å². The lowest BCUT2D eigenvalue weighted by Gasteiger charge is -2.19. The molecule has 2 aromatic heterocycles. The van der Waals surface area contributed by atoms with Crippen LogP contribution in [0.2, 0.25) is 0 Å². The Bertz CT molecular complexity index is 981. The molecule has 30 heavy (non-hydrogen) atoms. The van der Waals surface area contributed by atoms with Crippen molar-refractivity contribution in [3.63, 3.8) is 0 Å². The summed E-state index contributed by atoms with van der Waals surface area (Å²) in [4.78, 5) is 16.8. The number of carbonyl (C=O) groups excluding carboxylic acids is 1. The van der Waals surface area contributed by atoms with Gasteiger partial charge in [0.2, 0.25) is 5.91 Å². The summed E-state index contributed by atoms with van der Waals surface area (Å²) in [6, 6.07) is 9.26. The second-order valence-corrected chi connectivity index (χ2v) is 7.24. The summed E-state index contributed by atoms with van der Waals surface area (Å²) in [5, 5.41) is 7.00. The lowest BCUT2D eigenvalue weighted by atomic mass is 9.97. The van der Waals surface area contributed by atoms with Crippen LogP contribution in [0.15, 0.2) is 47.2 Å². The topological polar surface area (TPSA) is 86.5 Å². The summed E-state index contributed by atoms with van der Waals surface area (Å²) in [7, 11) is 1.60. The minimum absolute atomic E-state index is 0.0890. The van der Waals surface area contributed by atoms with Crippen LogP contribution in [0.3, 0.4) is 0 Å². The van der Waals surface area contributed by atoms with E-state index in [1.54, 1.807) is 19.5 Å². The van der Waals surface area contributed by atoms with Crippen molar-refractivity contribution < 1.29 is 18.8 Å². The van der Waals surface area contributed by atoms with Crippen LogP contribution in [0, 0.1) is 13.8 Å². The molecular weight excluding hydrogens is 382 g/mol. The Morgan fingerprint density at radius 2 is 1.87 bits per heavy atom. The third kappa shape index (κ3) is 4.79. The van der Waals surface area contributed by atoms with Gasteiger partial charge < -0.3 is 19.3 Å². The minimum Gasteiger partial charge on any atom is -0.493 e. The van der Waals surface area contributed by atoms with Crippen LogP contribution < -0.4 is 14.8 Å². The number of carbonyl (C=O) groups is 1. The maximum Gasteiger partial charge on any atom is 0.227 e. The third-order valence-corrected chi connectivity index (χ3v) is 5.11. The van der Waals surface area contributed by atoms with Gasteiger partial charge in [0.05, 0.1) is 24.8 Å². The SMILES string of the molecule is COc1cc(C(C)NC(=O)C(C)c2c(C)noc2C)ccc1OCc1ccncc1. The summed E-state index contributed by atoms with van der Waals surface area (Å²) in [6.45, 7) is 7.86. The lowest BCUT2D eigenvalue weighted by Crippen LogP contribution is -2.31. The maximum absolute atomic E-state index is 12.8. The molecule has 2 unspecified atom stereocenters. The quantitative estimate of drug-likeness (QED) is 0.598. The number of methoxy groups -OCH3 is 1. The molecule has 3 aromatic rings. The number of aromatic nitrogens is 2.